The minimum atomic E-state index is -0.459. The van der Waals surface area contributed by atoms with E-state index in [0.717, 1.165) is 12.0 Å². The highest BCUT2D eigenvalue weighted by atomic mass is 35.5. The van der Waals surface area contributed by atoms with E-state index in [4.69, 9.17) is 28.6 Å². The van der Waals surface area contributed by atoms with Gasteiger partial charge in [0.1, 0.15) is 10.1 Å². The molecule has 0 spiro atoms. The summed E-state index contributed by atoms with van der Waals surface area (Å²) in [5, 5.41) is 0.555. The maximum Gasteiger partial charge on any atom is 0.343 e. The molecule has 2 aromatic carbocycles. The Morgan fingerprint density at radius 1 is 1.21 bits per heavy atom. The zero-order valence-corrected chi connectivity index (χ0v) is 17.7. The first kappa shape index (κ1) is 20.6. The van der Waals surface area contributed by atoms with E-state index in [9.17, 15) is 9.59 Å². The number of halogens is 1. The van der Waals surface area contributed by atoms with E-state index in [2.05, 4.69) is 0 Å². The molecule has 4 nitrogen and oxygen atoms in total. The molecule has 3 rings (SSSR count). The number of hydrogen-bond acceptors (Lipinski definition) is 5. The Morgan fingerprint density at radius 2 is 1.86 bits per heavy atom. The molecule has 0 bridgehead atoms. The number of amides is 1. The Morgan fingerprint density at radius 3 is 2.46 bits per heavy atom. The smallest absolute Gasteiger partial charge is 0.343 e. The van der Waals surface area contributed by atoms with Gasteiger partial charge < -0.3 is 4.74 Å². The first-order chi connectivity index (χ1) is 13.4. The van der Waals surface area contributed by atoms with E-state index in [1.165, 1.54) is 11.8 Å². The summed E-state index contributed by atoms with van der Waals surface area (Å²) in [4.78, 5) is 27.0. The van der Waals surface area contributed by atoms with Crippen LogP contribution in [0.3, 0.4) is 0 Å². The number of thioether (sulfide) groups is 1. The summed E-state index contributed by atoms with van der Waals surface area (Å²) >= 11 is 12.5. The normalized spacial score (nSPS) is 16.5. The van der Waals surface area contributed by atoms with Crippen molar-refractivity contribution in [2.24, 2.45) is 0 Å². The van der Waals surface area contributed by atoms with Crippen LogP contribution in [0.1, 0.15) is 36.2 Å². The van der Waals surface area contributed by atoms with E-state index in [1.54, 1.807) is 59.5 Å². The average molecular weight is 432 g/mol. The van der Waals surface area contributed by atoms with Crippen LogP contribution in [0.2, 0.25) is 5.02 Å². The predicted molar refractivity (Wildman–Crippen MR) is 118 cm³/mol. The van der Waals surface area contributed by atoms with Gasteiger partial charge in [-0.05, 0) is 61.4 Å². The Balaban J connectivity index is 1.70. The first-order valence-electron chi connectivity index (χ1n) is 8.74. The lowest BCUT2D eigenvalue weighted by molar-refractivity contribution is -0.123. The molecule has 1 saturated heterocycles. The Kier molecular flexibility index (Phi) is 6.54. The van der Waals surface area contributed by atoms with Crippen LogP contribution >= 0.6 is 35.6 Å². The summed E-state index contributed by atoms with van der Waals surface area (Å²) in [6, 6.07) is 13.5. The molecular weight excluding hydrogens is 414 g/mol. The molecule has 0 unspecified atom stereocenters. The van der Waals surface area contributed by atoms with Crippen molar-refractivity contribution in [2.75, 3.05) is 0 Å². The largest absolute Gasteiger partial charge is 0.423 e. The number of hydrogen-bond donors (Lipinski definition) is 0. The number of benzene rings is 2. The van der Waals surface area contributed by atoms with Gasteiger partial charge in [0.25, 0.3) is 5.91 Å². The molecule has 28 heavy (non-hydrogen) atoms. The molecule has 1 amide bonds. The molecule has 144 valence electrons. The Bertz CT molecular complexity index is 939. The molecule has 0 saturated carbocycles. The van der Waals surface area contributed by atoms with Gasteiger partial charge in [0.15, 0.2) is 0 Å². The maximum absolute atomic E-state index is 12.6. The van der Waals surface area contributed by atoms with Crippen molar-refractivity contribution in [1.29, 1.82) is 0 Å². The van der Waals surface area contributed by atoms with Crippen molar-refractivity contribution in [2.45, 2.75) is 26.3 Å². The third-order valence-electron chi connectivity index (χ3n) is 4.32. The van der Waals surface area contributed by atoms with Crippen molar-refractivity contribution >= 4 is 57.9 Å². The third-order valence-corrected chi connectivity index (χ3v) is 5.91. The lowest BCUT2D eigenvalue weighted by Crippen LogP contribution is -2.36. The number of esters is 1. The second-order valence-electron chi connectivity index (χ2n) is 6.27. The van der Waals surface area contributed by atoms with E-state index in [1.807, 2.05) is 13.8 Å². The van der Waals surface area contributed by atoms with Crippen LogP contribution in [-0.4, -0.2) is 27.1 Å². The molecule has 0 aromatic heterocycles. The average Bonchev–Trinajstić information content (AvgIpc) is 2.96. The van der Waals surface area contributed by atoms with Gasteiger partial charge >= 0.3 is 5.97 Å². The van der Waals surface area contributed by atoms with Gasteiger partial charge in [0.2, 0.25) is 0 Å². The fourth-order valence-electron chi connectivity index (χ4n) is 2.58. The molecule has 0 radical (unpaired) electrons. The molecule has 1 fully saturated rings. The van der Waals surface area contributed by atoms with Gasteiger partial charge in [-0.15, -0.1) is 0 Å². The Labute approximate surface area is 178 Å². The van der Waals surface area contributed by atoms with Crippen molar-refractivity contribution in [3.8, 4) is 5.75 Å². The SMILES string of the molecule is CC[C@@H](C)N1C(=O)/C(=C/c2ccc(OC(=O)c3ccc(Cl)cc3)cc2)SC1=S. The van der Waals surface area contributed by atoms with E-state index >= 15 is 0 Å². The standard InChI is InChI=1S/C21H18ClNO3S2/c1-3-13(2)23-19(24)18(28-21(23)27)12-14-4-10-17(11-5-14)26-20(25)15-6-8-16(22)9-7-15/h4-13H,3H2,1-2H3/b18-12-/t13-/m1/s1. The minimum absolute atomic E-state index is 0.0670. The van der Waals surface area contributed by atoms with Crippen LogP contribution in [-0.2, 0) is 4.79 Å². The number of thiocarbonyl (C=S) groups is 1. The van der Waals surface area contributed by atoms with E-state index < -0.39 is 5.97 Å². The van der Waals surface area contributed by atoms with E-state index in [0.29, 0.717) is 25.6 Å². The second kappa shape index (κ2) is 8.90. The van der Waals surface area contributed by atoms with Crippen LogP contribution in [0, 0.1) is 0 Å². The third kappa shape index (κ3) is 4.63. The van der Waals surface area contributed by atoms with Crippen LogP contribution < -0.4 is 4.74 Å². The van der Waals surface area contributed by atoms with Crippen LogP contribution in [0.5, 0.6) is 5.75 Å². The highest BCUT2D eigenvalue weighted by Crippen LogP contribution is 2.34. The summed E-state index contributed by atoms with van der Waals surface area (Å²) in [7, 11) is 0. The van der Waals surface area contributed by atoms with Crippen molar-refractivity contribution < 1.29 is 14.3 Å². The van der Waals surface area contributed by atoms with Crippen molar-refractivity contribution in [1.82, 2.24) is 4.90 Å². The molecule has 1 heterocycles. The molecule has 7 heteroatoms. The highest BCUT2D eigenvalue weighted by Gasteiger charge is 2.34. The summed E-state index contributed by atoms with van der Waals surface area (Å²) in [5.41, 5.74) is 1.25. The number of nitrogens with zero attached hydrogens (tertiary/aromatic N) is 1. The monoisotopic (exact) mass is 431 g/mol. The first-order valence-corrected chi connectivity index (χ1v) is 10.3. The number of carbonyl (C=O) groups excluding carboxylic acids is 2. The number of rotatable bonds is 5. The van der Waals surface area contributed by atoms with Crippen molar-refractivity contribution in [3.63, 3.8) is 0 Å². The minimum Gasteiger partial charge on any atom is -0.423 e. The molecule has 0 N–H and O–H groups in total. The summed E-state index contributed by atoms with van der Waals surface area (Å²) in [6.45, 7) is 4.01. The van der Waals surface area contributed by atoms with Gasteiger partial charge in [0.05, 0.1) is 10.5 Å². The molecular formula is C21H18ClNO3S2. The number of carbonyl (C=O) groups is 2. The number of ether oxygens (including phenoxy) is 1. The van der Waals surface area contributed by atoms with Gasteiger partial charge in [-0.2, -0.15) is 0 Å². The van der Waals surface area contributed by atoms with E-state index in [-0.39, 0.29) is 11.9 Å². The zero-order valence-electron chi connectivity index (χ0n) is 15.3. The summed E-state index contributed by atoms with van der Waals surface area (Å²) in [6.07, 6.45) is 2.64. The fourth-order valence-corrected chi connectivity index (χ4v) is 4.17. The molecule has 1 atom stereocenters. The lowest BCUT2D eigenvalue weighted by atomic mass is 10.2. The maximum atomic E-state index is 12.6. The topological polar surface area (TPSA) is 46.6 Å². The molecule has 1 aliphatic heterocycles. The molecule has 1 aliphatic rings. The second-order valence-corrected chi connectivity index (χ2v) is 8.39. The van der Waals surface area contributed by atoms with Crippen LogP contribution in [0.25, 0.3) is 6.08 Å². The molecule has 0 aliphatic carbocycles. The van der Waals surface area contributed by atoms with Gasteiger partial charge in [-0.3, -0.25) is 9.69 Å². The highest BCUT2D eigenvalue weighted by molar-refractivity contribution is 8.26. The van der Waals surface area contributed by atoms with Crippen LogP contribution in [0.4, 0.5) is 0 Å². The Hall–Kier alpha value is -2.15. The fraction of sp³-hybridized carbons (Fsp3) is 0.190. The molecule has 2 aromatic rings. The quantitative estimate of drug-likeness (QED) is 0.268. The van der Waals surface area contributed by atoms with Crippen molar-refractivity contribution in [3.05, 3.63) is 69.6 Å². The summed E-state index contributed by atoms with van der Waals surface area (Å²) < 4.78 is 5.95. The van der Waals surface area contributed by atoms with Gasteiger partial charge in [0, 0.05) is 11.1 Å². The predicted octanol–water partition coefficient (Wildman–Crippen LogP) is 5.56. The zero-order chi connectivity index (χ0) is 20.3. The van der Waals surface area contributed by atoms with Crippen LogP contribution in [0.15, 0.2) is 53.4 Å². The van der Waals surface area contributed by atoms with Gasteiger partial charge in [-0.1, -0.05) is 54.6 Å². The summed E-state index contributed by atoms with van der Waals surface area (Å²) in [5.74, 6) is -0.106. The lowest BCUT2D eigenvalue weighted by Gasteiger charge is -2.21. The van der Waals surface area contributed by atoms with Gasteiger partial charge in [-0.25, -0.2) is 4.79 Å².